The van der Waals surface area contributed by atoms with Crippen LogP contribution in [0.5, 0.6) is 0 Å². The van der Waals surface area contributed by atoms with E-state index in [1.807, 2.05) is 0 Å². The lowest BCUT2D eigenvalue weighted by Gasteiger charge is -2.14. The third-order valence-corrected chi connectivity index (χ3v) is 3.79. The van der Waals surface area contributed by atoms with Crippen molar-refractivity contribution in [2.75, 3.05) is 5.43 Å². The van der Waals surface area contributed by atoms with Gasteiger partial charge in [0.25, 0.3) is 5.56 Å². The first-order valence-electron chi connectivity index (χ1n) is 7.84. The van der Waals surface area contributed by atoms with Crippen molar-refractivity contribution in [1.29, 1.82) is 0 Å². The molecule has 0 fully saturated rings. The highest BCUT2D eigenvalue weighted by molar-refractivity contribution is 5.86. The Morgan fingerprint density at radius 1 is 1.12 bits per heavy atom. The van der Waals surface area contributed by atoms with Gasteiger partial charge in [-0.1, -0.05) is 19.1 Å². The van der Waals surface area contributed by atoms with Crippen molar-refractivity contribution in [3.63, 3.8) is 0 Å². The number of rotatable bonds is 4. The van der Waals surface area contributed by atoms with Gasteiger partial charge in [-0.15, -0.1) is 0 Å². The average Bonchev–Trinajstić information content (AvgIpc) is 2.58. The number of nitrogens with zero attached hydrogens (tertiary/aromatic N) is 2. The van der Waals surface area contributed by atoms with Gasteiger partial charge in [-0.2, -0.15) is 0 Å². The van der Waals surface area contributed by atoms with E-state index in [2.05, 4.69) is 10.4 Å². The van der Waals surface area contributed by atoms with Crippen LogP contribution in [-0.4, -0.2) is 15.6 Å². The summed E-state index contributed by atoms with van der Waals surface area (Å²) in [4.78, 5) is 28.9. The van der Waals surface area contributed by atoms with Crippen LogP contribution in [0.25, 0.3) is 10.9 Å². The molecular formula is C18H14F3N3O2. The lowest BCUT2D eigenvalue weighted by atomic mass is 10.1. The molecule has 0 radical (unpaired) electrons. The van der Waals surface area contributed by atoms with Crippen LogP contribution in [0.15, 0.2) is 41.2 Å². The molecule has 0 aliphatic carbocycles. The molecule has 0 aliphatic rings. The number of aryl methyl sites for hydroxylation is 1. The maximum absolute atomic E-state index is 14.0. The van der Waals surface area contributed by atoms with E-state index in [0.29, 0.717) is 11.6 Å². The van der Waals surface area contributed by atoms with Crippen molar-refractivity contribution < 1.29 is 18.0 Å². The third-order valence-electron chi connectivity index (χ3n) is 3.79. The van der Waals surface area contributed by atoms with E-state index in [1.165, 1.54) is 24.3 Å². The van der Waals surface area contributed by atoms with Gasteiger partial charge in [0.1, 0.15) is 28.7 Å². The van der Waals surface area contributed by atoms with Crippen molar-refractivity contribution in [1.82, 2.24) is 9.66 Å². The predicted molar refractivity (Wildman–Crippen MR) is 89.8 cm³/mol. The zero-order valence-electron chi connectivity index (χ0n) is 13.7. The molecule has 0 saturated heterocycles. The molecule has 1 N–H and O–H groups in total. The molecule has 0 spiro atoms. The topological polar surface area (TPSA) is 64.0 Å². The third kappa shape index (κ3) is 3.44. The molecular weight excluding hydrogens is 347 g/mol. The normalized spacial score (nSPS) is 10.9. The molecule has 3 aromatic rings. The van der Waals surface area contributed by atoms with Crippen LogP contribution in [0, 0.1) is 17.5 Å². The van der Waals surface area contributed by atoms with Gasteiger partial charge < -0.3 is 0 Å². The Kier molecular flexibility index (Phi) is 4.75. The Labute approximate surface area is 146 Å². The summed E-state index contributed by atoms with van der Waals surface area (Å²) in [5, 5.41) is -0.411. The van der Waals surface area contributed by atoms with Crippen LogP contribution in [0.2, 0.25) is 0 Å². The largest absolute Gasteiger partial charge is 0.283 e. The number of amides is 1. The van der Waals surface area contributed by atoms with Crippen LogP contribution >= 0.6 is 0 Å². The monoisotopic (exact) mass is 361 g/mol. The fourth-order valence-electron chi connectivity index (χ4n) is 2.58. The fourth-order valence-corrected chi connectivity index (χ4v) is 2.58. The average molecular weight is 361 g/mol. The molecule has 0 unspecified atom stereocenters. The Morgan fingerprint density at radius 2 is 1.81 bits per heavy atom. The zero-order chi connectivity index (χ0) is 18.8. The van der Waals surface area contributed by atoms with Crippen molar-refractivity contribution in [3.8, 4) is 0 Å². The second kappa shape index (κ2) is 6.99. The number of carbonyl (C=O) groups is 1. The molecule has 0 aliphatic heterocycles. The summed E-state index contributed by atoms with van der Waals surface area (Å²) in [5.41, 5.74) is 1.96. The molecule has 134 valence electrons. The lowest BCUT2D eigenvalue weighted by Crippen LogP contribution is -2.37. The first kappa shape index (κ1) is 17.7. The van der Waals surface area contributed by atoms with Crippen molar-refractivity contribution >= 4 is 16.8 Å². The van der Waals surface area contributed by atoms with Crippen molar-refractivity contribution in [3.05, 3.63) is 75.6 Å². The number of hydrogen-bond acceptors (Lipinski definition) is 3. The molecule has 2 aromatic carbocycles. The maximum Gasteiger partial charge on any atom is 0.283 e. The minimum Gasteiger partial charge on any atom is -0.273 e. The molecule has 1 amide bonds. The first-order valence-corrected chi connectivity index (χ1v) is 7.84. The summed E-state index contributed by atoms with van der Waals surface area (Å²) >= 11 is 0. The number of fused-ring (bicyclic) bond motifs is 1. The SMILES string of the molecule is CCc1nc2cc(F)cc(F)c2c(=O)n1NC(=O)Cc1ccc(F)cc1. The summed E-state index contributed by atoms with van der Waals surface area (Å²) in [7, 11) is 0. The number of benzene rings is 2. The highest BCUT2D eigenvalue weighted by atomic mass is 19.1. The highest BCUT2D eigenvalue weighted by Gasteiger charge is 2.16. The number of aromatic nitrogens is 2. The molecule has 0 bridgehead atoms. The molecule has 8 heteroatoms. The standard InChI is InChI=1S/C18H14F3N3O2/c1-2-15-22-14-9-12(20)8-13(21)17(14)18(26)24(15)23-16(25)7-10-3-5-11(19)6-4-10/h3-6,8-9H,2,7H2,1H3,(H,23,25). The van der Waals surface area contributed by atoms with Gasteiger partial charge in [0.2, 0.25) is 5.91 Å². The second-order valence-corrected chi connectivity index (χ2v) is 5.64. The number of hydrogen-bond donors (Lipinski definition) is 1. The smallest absolute Gasteiger partial charge is 0.273 e. The maximum atomic E-state index is 14.0. The van der Waals surface area contributed by atoms with Gasteiger partial charge in [-0.05, 0) is 17.7 Å². The van der Waals surface area contributed by atoms with E-state index < -0.39 is 34.3 Å². The van der Waals surface area contributed by atoms with Gasteiger partial charge in [0, 0.05) is 18.6 Å². The fraction of sp³-hybridized carbons (Fsp3) is 0.167. The summed E-state index contributed by atoms with van der Waals surface area (Å²) in [6, 6.07) is 6.87. The second-order valence-electron chi connectivity index (χ2n) is 5.64. The van der Waals surface area contributed by atoms with E-state index in [1.54, 1.807) is 6.92 Å². The summed E-state index contributed by atoms with van der Waals surface area (Å²) < 4.78 is 41.1. The zero-order valence-corrected chi connectivity index (χ0v) is 13.7. The number of carbonyl (C=O) groups excluding carboxylic acids is 1. The van der Waals surface area contributed by atoms with Crippen LogP contribution < -0.4 is 11.0 Å². The van der Waals surface area contributed by atoms with E-state index in [0.717, 1.165) is 10.7 Å². The minimum absolute atomic E-state index is 0.111. The van der Waals surface area contributed by atoms with Gasteiger partial charge in [-0.25, -0.2) is 22.8 Å². The van der Waals surface area contributed by atoms with Crippen molar-refractivity contribution in [2.24, 2.45) is 0 Å². The van der Waals surface area contributed by atoms with Gasteiger partial charge >= 0.3 is 0 Å². The molecule has 0 atom stereocenters. The van der Waals surface area contributed by atoms with Crippen LogP contribution in [0.3, 0.4) is 0 Å². The Balaban J connectivity index is 1.98. The van der Waals surface area contributed by atoms with Gasteiger partial charge in [0.05, 0.1) is 11.9 Å². The summed E-state index contributed by atoms with van der Waals surface area (Å²) in [6.45, 7) is 1.69. The number of halogens is 3. The molecule has 1 heterocycles. The van der Waals surface area contributed by atoms with Crippen LogP contribution in [0.4, 0.5) is 13.2 Å². The molecule has 3 rings (SSSR count). The summed E-state index contributed by atoms with van der Waals surface area (Å²) in [5.74, 6) is -2.74. The molecule has 5 nitrogen and oxygen atoms in total. The van der Waals surface area contributed by atoms with Crippen LogP contribution in [-0.2, 0) is 17.6 Å². The molecule has 1 aromatic heterocycles. The first-order chi connectivity index (χ1) is 12.4. The lowest BCUT2D eigenvalue weighted by molar-refractivity contribution is -0.116. The van der Waals surface area contributed by atoms with E-state index >= 15 is 0 Å². The Bertz CT molecular complexity index is 1050. The Hall–Kier alpha value is -3.16. The van der Waals surface area contributed by atoms with Gasteiger partial charge in [-0.3, -0.25) is 15.0 Å². The van der Waals surface area contributed by atoms with Crippen molar-refractivity contribution in [2.45, 2.75) is 19.8 Å². The van der Waals surface area contributed by atoms with E-state index in [4.69, 9.17) is 0 Å². The highest BCUT2D eigenvalue weighted by Crippen LogP contribution is 2.15. The van der Waals surface area contributed by atoms with E-state index in [-0.39, 0.29) is 24.2 Å². The minimum atomic E-state index is -1.05. The molecule has 26 heavy (non-hydrogen) atoms. The quantitative estimate of drug-likeness (QED) is 0.777. The molecule has 0 saturated carbocycles. The predicted octanol–water partition coefficient (Wildman–Crippen LogP) is 2.69. The van der Waals surface area contributed by atoms with Crippen LogP contribution in [0.1, 0.15) is 18.3 Å². The Morgan fingerprint density at radius 3 is 2.46 bits per heavy atom. The number of nitrogens with one attached hydrogen (secondary N) is 1. The van der Waals surface area contributed by atoms with E-state index in [9.17, 15) is 22.8 Å². The van der Waals surface area contributed by atoms with Gasteiger partial charge in [0.15, 0.2) is 0 Å². The summed E-state index contributed by atoms with van der Waals surface area (Å²) in [6.07, 6.45) is 0.139.